The van der Waals surface area contributed by atoms with Gasteiger partial charge in [-0.05, 0) is 22.6 Å². The van der Waals surface area contributed by atoms with Gasteiger partial charge in [0.1, 0.15) is 10.0 Å². The highest BCUT2D eigenvalue weighted by Gasteiger charge is 1.99. The van der Waals surface area contributed by atoms with E-state index in [-0.39, 0.29) is 0 Å². The Kier molecular flexibility index (Phi) is 1.30. The van der Waals surface area contributed by atoms with Crippen LogP contribution in [0, 0.1) is 3.70 Å². The van der Waals surface area contributed by atoms with Crippen LogP contribution < -0.4 is 0 Å². The molecule has 0 saturated heterocycles. The molecule has 2 aromatic heterocycles. The maximum Gasteiger partial charge on any atom is 0.159 e. The van der Waals surface area contributed by atoms with Gasteiger partial charge in [-0.2, -0.15) is 5.10 Å². The number of fused-ring (bicyclic) bond motifs is 1. The molecular formula is C5H3IN4. The number of hydrogen-bond donors (Lipinski definition) is 1. The van der Waals surface area contributed by atoms with Gasteiger partial charge in [0.2, 0.25) is 0 Å². The van der Waals surface area contributed by atoms with E-state index in [2.05, 4.69) is 42.8 Å². The molecule has 0 aliphatic heterocycles. The Bertz CT molecular complexity index is 355. The maximum atomic E-state index is 4.00. The van der Waals surface area contributed by atoms with Crippen molar-refractivity contribution in [3.63, 3.8) is 0 Å². The quantitative estimate of drug-likeness (QED) is 0.556. The van der Waals surface area contributed by atoms with Gasteiger partial charge in [0.15, 0.2) is 5.65 Å². The summed E-state index contributed by atoms with van der Waals surface area (Å²) in [7, 11) is 0. The standard InChI is InChI=1S/C5H3IN4/c6-4-3-1-9-10-5(3)8-2-7-4/h1-2H,(H,7,8,9,10). The molecule has 0 spiro atoms. The van der Waals surface area contributed by atoms with Gasteiger partial charge in [0, 0.05) is 0 Å². The summed E-state index contributed by atoms with van der Waals surface area (Å²) in [5.74, 6) is 0. The second kappa shape index (κ2) is 2.15. The van der Waals surface area contributed by atoms with Crippen molar-refractivity contribution in [2.75, 3.05) is 0 Å². The Morgan fingerprint density at radius 1 is 1.40 bits per heavy atom. The third kappa shape index (κ3) is 0.772. The Labute approximate surface area is 70.2 Å². The minimum atomic E-state index is 0.791. The zero-order valence-electron chi connectivity index (χ0n) is 4.87. The van der Waals surface area contributed by atoms with Gasteiger partial charge < -0.3 is 0 Å². The minimum absolute atomic E-state index is 0.791. The predicted molar refractivity (Wildman–Crippen MR) is 44.4 cm³/mol. The highest BCUT2D eigenvalue weighted by Crippen LogP contribution is 2.11. The van der Waals surface area contributed by atoms with Gasteiger partial charge in [0.05, 0.1) is 11.6 Å². The zero-order chi connectivity index (χ0) is 6.97. The first-order chi connectivity index (χ1) is 4.88. The lowest BCUT2D eigenvalue weighted by molar-refractivity contribution is 1.09. The van der Waals surface area contributed by atoms with Crippen molar-refractivity contribution >= 4 is 33.6 Å². The lowest BCUT2D eigenvalue weighted by Crippen LogP contribution is -1.83. The average molecular weight is 246 g/mol. The van der Waals surface area contributed by atoms with Crippen LogP contribution in [0.2, 0.25) is 0 Å². The van der Waals surface area contributed by atoms with Crippen LogP contribution in [-0.2, 0) is 0 Å². The second-order valence-corrected chi connectivity index (χ2v) is 2.82. The molecule has 0 aliphatic rings. The van der Waals surface area contributed by atoms with E-state index in [0.29, 0.717) is 0 Å². The van der Waals surface area contributed by atoms with Crippen molar-refractivity contribution in [3.8, 4) is 0 Å². The molecule has 2 rings (SSSR count). The summed E-state index contributed by atoms with van der Waals surface area (Å²) in [4.78, 5) is 7.96. The molecule has 0 aromatic carbocycles. The van der Waals surface area contributed by atoms with Crippen molar-refractivity contribution in [1.82, 2.24) is 20.2 Å². The molecule has 1 N–H and O–H groups in total. The Balaban J connectivity index is 2.95. The van der Waals surface area contributed by atoms with E-state index in [1.54, 1.807) is 6.20 Å². The molecule has 0 unspecified atom stereocenters. The number of nitrogens with zero attached hydrogens (tertiary/aromatic N) is 3. The molecule has 0 saturated carbocycles. The number of aromatic nitrogens is 4. The number of halogens is 1. The number of H-pyrrole nitrogens is 1. The molecule has 2 heterocycles. The molecule has 0 atom stereocenters. The van der Waals surface area contributed by atoms with Crippen LogP contribution in [0.5, 0.6) is 0 Å². The molecule has 0 amide bonds. The van der Waals surface area contributed by atoms with E-state index in [1.165, 1.54) is 6.33 Å². The van der Waals surface area contributed by atoms with Crippen LogP contribution in [0.25, 0.3) is 11.0 Å². The minimum Gasteiger partial charge on any atom is -0.261 e. The van der Waals surface area contributed by atoms with Crippen LogP contribution in [0.3, 0.4) is 0 Å². The van der Waals surface area contributed by atoms with E-state index in [9.17, 15) is 0 Å². The average Bonchev–Trinajstić information content (AvgIpc) is 2.36. The van der Waals surface area contributed by atoms with Gasteiger partial charge in [-0.25, -0.2) is 9.97 Å². The molecule has 0 radical (unpaired) electrons. The summed E-state index contributed by atoms with van der Waals surface area (Å²) in [5, 5.41) is 7.56. The van der Waals surface area contributed by atoms with Crippen LogP contribution in [0.1, 0.15) is 0 Å². The van der Waals surface area contributed by atoms with E-state index < -0.39 is 0 Å². The van der Waals surface area contributed by atoms with Crippen molar-refractivity contribution < 1.29 is 0 Å². The van der Waals surface area contributed by atoms with Crippen LogP contribution in [0.15, 0.2) is 12.5 Å². The molecule has 50 valence electrons. The summed E-state index contributed by atoms with van der Waals surface area (Å²) in [6.45, 7) is 0. The monoisotopic (exact) mass is 246 g/mol. The first kappa shape index (κ1) is 6.02. The van der Waals surface area contributed by atoms with E-state index in [1.807, 2.05) is 0 Å². The van der Waals surface area contributed by atoms with Crippen molar-refractivity contribution in [2.24, 2.45) is 0 Å². The van der Waals surface area contributed by atoms with Crippen LogP contribution in [0.4, 0.5) is 0 Å². The number of nitrogens with one attached hydrogen (secondary N) is 1. The number of aromatic amines is 1. The van der Waals surface area contributed by atoms with Gasteiger partial charge >= 0.3 is 0 Å². The molecule has 0 bridgehead atoms. The molecule has 10 heavy (non-hydrogen) atoms. The van der Waals surface area contributed by atoms with E-state index in [4.69, 9.17) is 0 Å². The Morgan fingerprint density at radius 2 is 2.30 bits per heavy atom. The van der Waals surface area contributed by atoms with Gasteiger partial charge in [0.25, 0.3) is 0 Å². The summed E-state index contributed by atoms with van der Waals surface area (Å²) in [5.41, 5.74) is 0.791. The van der Waals surface area contributed by atoms with Gasteiger partial charge in [-0.3, -0.25) is 5.10 Å². The second-order valence-electron chi connectivity index (χ2n) is 1.80. The van der Waals surface area contributed by atoms with Crippen molar-refractivity contribution in [2.45, 2.75) is 0 Å². The fourth-order valence-electron chi connectivity index (χ4n) is 0.736. The topological polar surface area (TPSA) is 54.5 Å². The normalized spacial score (nSPS) is 10.5. The summed E-state index contributed by atoms with van der Waals surface area (Å²) in [6.07, 6.45) is 3.24. The summed E-state index contributed by atoms with van der Waals surface area (Å²) < 4.78 is 0.927. The molecule has 5 heteroatoms. The van der Waals surface area contributed by atoms with Crippen molar-refractivity contribution in [3.05, 3.63) is 16.2 Å². The third-order valence-corrected chi connectivity index (χ3v) is 2.06. The molecule has 0 aliphatic carbocycles. The van der Waals surface area contributed by atoms with Crippen molar-refractivity contribution in [1.29, 1.82) is 0 Å². The Morgan fingerprint density at radius 3 is 3.10 bits per heavy atom. The molecule has 0 fully saturated rings. The number of rotatable bonds is 0. The van der Waals surface area contributed by atoms with Gasteiger partial charge in [-0.15, -0.1) is 0 Å². The lowest BCUT2D eigenvalue weighted by Gasteiger charge is -1.87. The van der Waals surface area contributed by atoms with E-state index >= 15 is 0 Å². The molecule has 4 nitrogen and oxygen atoms in total. The summed E-state index contributed by atoms with van der Waals surface area (Å²) >= 11 is 2.14. The largest absolute Gasteiger partial charge is 0.261 e. The van der Waals surface area contributed by atoms with Crippen LogP contribution >= 0.6 is 22.6 Å². The highest BCUT2D eigenvalue weighted by molar-refractivity contribution is 14.1. The SMILES string of the molecule is Ic1ncnc2[nH]ncc12. The van der Waals surface area contributed by atoms with Gasteiger partial charge in [-0.1, -0.05) is 0 Å². The first-order valence-electron chi connectivity index (χ1n) is 2.67. The fourth-order valence-corrected chi connectivity index (χ4v) is 1.25. The summed E-state index contributed by atoms with van der Waals surface area (Å²) in [6, 6.07) is 0. The van der Waals surface area contributed by atoms with Crippen LogP contribution in [-0.4, -0.2) is 20.2 Å². The lowest BCUT2D eigenvalue weighted by atomic mass is 10.5. The molecular weight excluding hydrogens is 243 g/mol. The zero-order valence-corrected chi connectivity index (χ0v) is 7.03. The molecule has 2 aromatic rings. The Hall–Kier alpha value is -0.720. The fraction of sp³-hybridized carbons (Fsp3) is 0. The predicted octanol–water partition coefficient (Wildman–Crippen LogP) is 0.958. The highest BCUT2D eigenvalue weighted by atomic mass is 127. The number of hydrogen-bond acceptors (Lipinski definition) is 3. The first-order valence-corrected chi connectivity index (χ1v) is 3.75. The smallest absolute Gasteiger partial charge is 0.159 e. The van der Waals surface area contributed by atoms with E-state index in [0.717, 1.165) is 14.7 Å². The maximum absolute atomic E-state index is 4.00. The third-order valence-electron chi connectivity index (χ3n) is 1.20.